The Bertz CT molecular complexity index is 956. The molecule has 0 aliphatic carbocycles. The second-order valence-electron chi connectivity index (χ2n) is 13.8. The van der Waals surface area contributed by atoms with E-state index >= 15 is 0 Å². The van der Waals surface area contributed by atoms with Gasteiger partial charge in [0.2, 0.25) is 18.2 Å². The van der Waals surface area contributed by atoms with Crippen LogP contribution in [0.1, 0.15) is 75.7 Å². The maximum atomic E-state index is 11.8. The van der Waals surface area contributed by atoms with Crippen LogP contribution in [0.25, 0.3) is 0 Å². The standard InChI is InChI=1S/C29H55N3O6.C4H6O.C4H8.C3H7NO/c1-10-11-35-18-29(19-36-15-24(6)12-30-9,20-37-16-25(7)13-31-27(33)22(2)3)21-38-17-26(8)14-32-28(34)23(4)5;1-4(2)3-5;1-4(2)3;1-2-4-3-5/h24-26,30H,2,4,10-21H2,1,3,5-9H3,(H,31,33)(H,32,34);3H,1H2,2H3;1H2,2-3H3;3H,2H2,1H3,(H,4,5). The van der Waals surface area contributed by atoms with Crippen LogP contribution in [0, 0.1) is 23.2 Å². The van der Waals surface area contributed by atoms with Gasteiger partial charge in [-0.1, -0.05) is 53.0 Å². The molecule has 0 bridgehead atoms. The summed E-state index contributed by atoms with van der Waals surface area (Å²) < 4.78 is 24.5. The van der Waals surface area contributed by atoms with Gasteiger partial charge in [-0.25, -0.2) is 0 Å². The summed E-state index contributed by atoms with van der Waals surface area (Å²) >= 11 is 0. The van der Waals surface area contributed by atoms with E-state index in [0.29, 0.717) is 95.0 Å². The number of hydrogen-bond acceptors (Lipinski definition) is 9. The van der Waals surface area contributed by atoms with E-state index in [1.165, 1.54) is 5.57 Å². The Morgan fingerprint density at radius 3 is 1.27 bits per heavy atom. The van der Waals surface area contributed by atoms with Crippen molar-refractivity contribution in [2.75, 3.05) is 86.1 Å². The lowest BCUT2D eigenvalue weighted by Crippen LogP contribution is -2.43. The Morgan fingerprint density at radius 2 is 1.02 bits per heavy atom. The zero-order valence-corrected chi connectivity index (χ0v) is 34.7. The molecule has 0 radical (unpaired) electrons. The summed E-state index contributed by atoms with van der Waals surface area (Å²) in [4.78, 5) is 42.3. The molecule has 0 fully saturated rings. The van der Waals surface area contributed by atoms with E-state index in [2.05, 4.69) is 61.4 Å². The zero-order chi connectivity index (χ0) is 41.0. The molecule has 0 aromatic heterocycles. The van der Waals surface area contributed by atoms with Crippen LogP contribution in [0.2, 0.25) is 0 Å². The van der Waals surface area contributed by atoms with Gasteiger partial charge in [0, 0.05) is 37.4 Å². The van der Waals surface area contributed by atoms with Crippen LogP contribution < -0.4 is 21.3 Å². The summed E-state index contributed by atoms with van der Waals surface area (Å²) in [5, 5.41) is 11.3. The maximum Gasteiger partial charge on any atom is 0.246 e. The molecule has 3 amide bonds. The van der Waals surface area contributed by atoms with E-state index in [4.69, 9.17) is 18.9 Å². The fourth-order valence-electron chi connectivity index (χ4n) is 3.56. The van der Waals surface area contributed by atoms with E-state index < -0.39 is 5.41 Å². The van der Waals surface area contributed by atoms with Crippen molar-refractivity contribution >= 4 is 24.5 Å². The van der Waals surface area contributed by atoms with Crippen LogP contribution in [0.5, 0.6) is 0 Å². The van der Waals surface area contributed by atoms with E-state index in [1.807, 2.05) is 41.7 Å². The van der Waals surface area contributed by atoms with Crippen LogP contribution in [0.15, 0.2) is 48.6 Å². The van der Waals surface area contributed by atoms with Gasteiger partial charge in [-0.05, 0) is 84.9 Å². The van der Waals surface area contributed by atoms with Gasteiger partial charge in [0.05, 0.1) is 51.7 Å². The second kappa shape index (κ2) is 37.6. The molecule has 12 nitrogen and oxygen atoms in total. The molecule has 0 saturated carbocycles. The number of ether oxygens (including phenoxy) is 4. The minimum absolute atomic E-state index is 0.127. The van der Waals surface area contributed by atoms with E-state index in [-0.39, 0.29) is 23.7 Å². The molecular weight excluding hydrogens is 664 g/mol. The number of aldehydes is 1. The van der Waals surface area contributed by atoms with Crippen molar-refractivity contribution in [3.05, 3.63) is 48.6 Å². The fraction of sp³-hybridized carbons (Fsp3) is 0.700. The topological polar surface area (TPSA) is 153 Å². The molecule has 3 unspecified atom stereocenters. The predicted octanol–water partition coefficient (Wildman–Crippen LogP) is 5.06. The molecular formula is C40H76N4O8. The lowest BCUT2D eigenvalue weighted by atomic mass is 9.92. The fourth-order valence-corrected chi connectivity index (χ4v) is 3.56. The average Bonchev–Trinajstić information content (AvgIpc) is 3.06. The highest BCUT2D eigenvalue weighted by Gasteiger charge is 2.33. The van der Waals surface area contributed by atoms with Crippen LogP contribution >= 0.6 is 0 Å². The van der Waals surface area contributed by atoms with Crippen molar-refractivity contribution in [3.63, 3.8) is 0 Å². The Labute approximate surface area is 317 Å². The molecule has 0 heterocycles. The third kappa shape index (κ3) is 41.3. The third-order valence-electron chi connectivity index (χ3n) is 6.23. The number of hydrogen-bond donors (Lipinski definition) is 4. The summed E-state index contributed by atoms with van der Waals surface area (Å²) in [6, 6.07) is 0. The van der Waals surface area contributed by atoms with Gasteiger partial charge in [-0.3, -0.25) is 19.2 Å². The first-order valence-electron chi connectivity index (χ1n) is 18.1. The lowest BCUT2D eigenvalue weighted by Gasteiger charge is -2.34. The Balaban J connectivity index is -0.000000690. The van der Waals surface area contributed by atoms with Gasteiger partial charge in [-0.2, -0.15) is 0 Å². The highest BCUT2D eigenvalue weighted by Crippen LogP contribution is 2.22. The largest absolute Gasteiger partial charge is 0.381 e. The molecule has 3 atom stereocenters. The van der Waals surface area contributed by atoms with Gasteiger partial charge in [-0.15, -0.1) is 6.58 Å². The van der Waals surface area contributed by atoms with Crippen molar-refractivity contribution in [2.45, 2.75) is 75.7 Å². The molecule has 52 heavy (non-hydrogen) atoms. The lowest BCUT2D eigenvalue weighted by molar-refractivity contribution is -0.119. The average molecular weight is 741 g/mol. The van der Waals surface area contributed by atoms with Crippen LogP contribution in [0.3, 0.4) is 0 Å². The van der Waals surface area contributed by atoms with Gasteiger partial charge in [0.15, 0.2) is 0 Å². The predicted molar refractivity (Wildman–Crippen MR) is 214 cm³/mol. The summed E-state index contributed by atoms with van der Waals surface area (Å²) in [7, 11) is 1.93. The Morgan fingerprint density at radius 1 is 0.673 bits per heavy atom. The molecule has 304 valence electrons. The summed E-state index contributed by atoms with van der Waals surface area (Å²) in [6.07, 6.45) is 2.32. The summed E-state index contributed by atoms with van der Waals surface area (Å²) in [6.45, 7) is 39.8. The van der Waals surface area contributed by atoms with Crippen molar-refractivity contribution in [3.8, 4) is 0 Å². The quantitative estimate of drug-likeness (QED) is 0.0392. The van der Waals surface area contributed by atoms with Crippen LogP contribution in [-0.2, 0) is 38.1 Å². The third-order valence-corrected chi connectivity index (χ3v) is 6.23. The molecule has 4 N–H and O–H groups in total. The SMILES string of the molecule is C=C(C)C.C=C(C)C(=O)NCC(C)COCC(COCCC)(COCC(C)CNC)COCC(C)CNC(=O)C(=C)C.C=C(C)C=O.CCNC=O. The van der Waals surface area contributed by atoms with E-state index in [1.54, 1.807) is 20.8 Å². The first kappa shape index (κ1) is 55.6. The van der Waals surface area contributed by atoms with Crippen LogP contribution in [0.4, 0.5) is 0 Å². The molecule has 0 aliphatic rings. The highest BCUT2D eigenvalue weighted by molar-refractivity contribution is 5.92. The number of carbonyl (C=O) groups is 4. The van der Waals surface area contributed by atoms with Crippen molar-refractivity contribution in [1.29, 1.82) is 0 Å². The number of allylic oxidation sites excluding steroid dienone is 2. The highest BCUT2D eigenvalue weighted by atomic mass is 16.5. The minimum Gasteiger partial charge on any atom is -0.381 e. The van der Waals surface area contributed by atoms with Gasteiger partial charge >= 0.3 is 0 Å². The maximum absolute atomic E-state index is 11.8. The van der Waals surface area contributed by atoms with Gasteiger partial charge in [0.1, 0.15) is 6.29 Å². The molecule has 0 saturated heterocycles. The number of amides is 3. The Kier molecular flexibility index (Phi) is 40.2. The molecule has 0 aliphatic heterocycles. The molecule has 0 aromatic carbocycles. The molecule has 12 heteroatoms. The van der Waals surface area contributed by atoms with Crippen molar-refractivity contribution < 1.29 is 38.1 Å². The van der Waals surface area contributed by atoms with Crippen molar-refractivity contribution in [1.82, 2.24) is 21.3 Å². The molecule has 0 rings (SSSR count). The van der Waals surface area contributed by atoms with E-state index in [0.717, 1.165) is 25.8 Å². The van der Waals surface area contributed by atoms with Crippen molar-refractivity contribution in [2.24, 2.45) is 23.2 Å². The van der Waals surface area contributed by atoms with E-state index in [9.17, 15) is 19.2 Å². The monoisotopic (exact) mass is 741 g/mol. The summed E-state index contributed by atoms with van der Waals surface area (Å²) in [5.74, 6) is 0.324. The molecule has 0 aromatic rings. The summed E-state index contributed by atoms with van der Waals surface area (Å²) in [5.41, 5.74) is 2.22. The normalized spacial score (nSPS) is 12.9. The Hall–Kier alpha value is -3.16. The van der Waals surface area contributed by atoms with Gasteiger partial charge in [0.25, 0.3) is 0 Å². The smallest absolute Gasteiger partial charge is 0.246 e. The van der Waals surface area contributed by atoms with Crippen LogP contribution in [-0.4, -0.2) is 111 Å². The number of rotatable bonds is 27. The second-order valence-corrected chi connectivity index (χ2v) is 13.8. The molecule has 0 spiro atoms. The zero-order valence-electron chi connectivity index (χ0n) is 34.7. The number of carbonyl (C=O) groups excluding carboxylic acids is 4. The van der Waals surface area contributed by atoms with Gasteiger partial charge < -0.3 is 40.2 Å². The minimum atomic E-state index is -0.490. The first-order chi connectivity index (χ1) is 24.4. The number of nitrogens with one attached hydrogen (secondary N) is 4. The first-order valence-corrected chi connectivity index (χ1v) is 18.1.